The molecule has 4 aromatic heterocycles. The minimum Gasteiger partial charge on any atom is -0.490 e. The summed E-state index contributed by atoms with van der Waals surface area (Å²) in [5, 5.41) is 22.0. The zero-order valence-electron chi connectivity index (χ0n) is 41.0. The summed E-state index contributed by atoms with van der Waals surface area (Å²) in [5.41, 5.74) is 6.88. The molecule has 0 spiro atoms. The predicted molar refractivity (Wildman–Crippen MR) is 280 cm³/mol. The van der Waals surface area contributed by atoms with E-state index in [-0.39, 0.29) is 35.6 Å². The first kappa shape index (κ1) is 48.0. The first-order valence-corrected chi connectivity index (χ1v) is 26.1. The molecule has 1 unspecified atom stereocenters. The van der Waals surface area contributed by atoms with Gasteiger partial charge in [-0.25, -0.2) is 19.7 Å². The molecule has 11 rings (SSSR count). The van der Waals surface area contributed by atoms with Crippen molar-refractivity contribution in [3.8, 4) is 16.9 Å². The van der Waals surface area contributed by atoms with E-state index in [0.29, 0.717) is 66.7 Å². The van der Waals surface area contributed by atoms with Crippen molar-refractivity contribution in [3.63, 3.8) is 0 Å². The molecule has 3 aliphatic heterocycles. The Morgan fingerprint density at radius 1 is 0.808 bits per heavy atom. The van der Waals surface area contributed by atoms with Crippen LogP contribution in [0.4, 0.5) is 16.8 Å². The number of benzene rings is 3. The van der Waals surface area contributed by atoms with Crippen LogP contribution in [0.3, 0.4) is 0 Å². The zero-order valence-corrected chi connectivity index (χ0v) is 41.8. The molecule has 3 fully saturated rings. The van der Waals surface area contributed by atoms with Gasteiger partial charge in [0.25, 0.3) is 5.91 Å². The number of carbonyl (C=O) groups excluding carboxylic acids is 3. The smallest absolute Gasteiger partial charge is 0.355 e. The molecule has 0 bridgehead atoms. The van der Waals surface area contributed by atoms with Crippen molar-refractivity contribution < 1.29 is 33.8 Å². The van der Waals surface area contributed by atoms with Gasteiger partial charge in [-0.05, 0) is 123 Å². The van der Waals surface area contributed by atoms with Crippen molar-refractivity contribution in [2.75, 3.05) is 61.0 Å². The second-order valence-corrected chi connectivity index (χ2v) is 20.5. The number of imide groups is 1. The van der Waals surface area contributed by atoms with Gasteiger partial charge in [0, 0.05) is 82.4 Å². The number of rotatable bonds is 14. The number of carbonyl (C=O) groups is 4. The van der Waals surface area contributed by atoms with Gasteiger partial charge in [-0.1, -0.05) is 47.7 Å². The molecule has 3 amide bonds. The summed E-state index contributed by atoms with van der Waals surface area (Å²) in [6.45, 7) is 8.26. The maximum absolute atomic E-state index is 13.7. The zero-order chi connectivity index (χ0) is 50.2. The van der Waals surface area contributed by atoms with Crippen LogP contribution in [0.2, 0.25) is 0 Å². The van der Waals surface area contributed by atoms with Crippen molar-refractivity contribution in [3.05, 3.63) is 119 Å². The van der Waals surface area contributed by atoms with Crippen molar-refractivity contribution in [1.29, 1.82) is 0 Å². The van der Waals surface area contributed by atoms with Gasteiger partial charge < -0.3 is 24.4 Å². The van der Waals surface area contributed by atoms with Crippen LogP contribution >= 0.6 is 11.3 Å². The minimum absolute atomic E-state index is 0.0279. The Kier molecular flexibility index (Phi) is 13.6. The molecular formula is C55H58N10O7S. The molecule has 0 radical (unpaired) electrons. The van der Waals surface area contributed by atoms with E-state index in [0.717, 1.165) is 120 Å². The quantitative estimate of drug-likeness (QED) is 0.0702. The van der Waals surface area contributed by atoms with Gasteiger partial charge in [-0.3, -0.25) is 34.6 Å². The molecule has 1 atom stereocenters. The summed E-state index contributed by atoms with van der Waals surface area (Å²) in [6, 6.07) is 27.1. The van der Waals surface area contributed by atoms with E-state index in [1.165, 1.54) is 11.3 Å². The Morgan fingerprint density at radius 3 is 2.40 bits per heavy atom. The van der Waals surface area contributed by atoms with E-state index in [2.05, 4.69) is 30.5 Å². The number of hydrogen-bond donors (Lipinski definition) is 3. The fourth-order valence-electron chi connectivity index (χ4n) is 10.9. The Morgan fingerprint density at radius 2 is 1.59 bits per heavy atom. The van der Waals surface area contributed by atoms with E-state index in [1.54, 1.807) is 4.68 Å². The molecule has 2 saturated heterocycles. The Balaban J connectivity index is 0.649. The Hall–Kier alpha value is -7.28. The van der Waals surface area contributed by atoms with Gasteiger partial charge >= 0.3 is 5.97 Å². The number of carboxylic acid groups (broad SMARTS) is 1. The molecular weight excluding hydrogens is 945 g/mol. The average Bonchev–Trinajstić information content (AvgIpc) is 3.97. The predicted octanol–water partition coefficient (Wildman–Crippen LogP) is 7.90. The molecule has 3 aromatic carbocycles. The number of aromatic carboxylic acids is 1. The van der Waals surface area contributed by atoms with Crippen LogP contribution in [0, 0.1) is 6.92 Å². The number of amides is 3. The molecule has 18 heteroatoms. The lowest BCUT2D eigenvalue weighted by atomic mass is 9.93. The first-order chi connectivity index (χ1) is 35.5. The van der Waals surface area contributed by atoms with Crippen molar-refractivity contribution in [1.82, 2.24) is 34.9 Å². The Labute approximate surface area is 426 Å². The van der Waals surface area contributed by atoms with Crippen LogP contribution in [0.15, 0.2) is 84.9 Å². The van der Waals surface area contributed by atoms with Gasteiger partial charge in [-0.15, -0.1) is 0 Å². The molecule has 17 nitrogen and oxygen atoms in total. The molecule has 1 saturated carbocycles. The number of hydrogen-bond acceptors (Lipinski definition) is 14. The van der Waals surface area contributed by atoms with Gasteiger partial charge in [0.05, 0.1) is 34.0 Å². The number of para-hydroxylation sites is 1. The third kappa shape index (κ3) is 10.1. The number of carboxylic acids is 1. The summed E-state index contributed by atoms with van der Waals surface area (Å²) in [5.74, 6) is -0.167. The average molecular weight is 1000 g/mol. The van der Waals surface area contributed by atoms with Crippen LogP contribution in [-0.4, -0.2) is 117 Å². The third-order valence-corrected chi connectivity index (χ3v) is 15.8. The van der Waals surface area contributed by atoms with Gasteiger partial charge in [-0.2, -0.15) is 5.10 Å². The fourth-order valence-corrected chi connectivity index (χ4v) is 11.8. The molecule has 73 heavy (non-hydrogen) atoms. The number of aryl methyl sites for hydroxylation is 1. The molecule has 1 aliphatic carbocycles. The first-order valence-electron chi connectivity index (χ1n) is 25.3. The lowest BCUT2D eigenvalue weighted by Gasteiger charge is -2.35. The minimum atomic E-state index is -1.12. The lowest BCUT2D eigenvalue weighted by molar-refractivity contribution is -0.134. The number of nitrogens with zero attached hydrogens (tertiary/aromatic N) is 8. The van der Waals surface area contributed by atoms with E-state index >= 15 is 0 Å². The third-order valence-electron chi connectivity index (χ3n) is 14.9. The lowest BCUT2D eigenvalue weighted by Crippen LogP contribution is -2.47. The monoisotopic (exact) mass is 1000 g/mol. The van der Waals surface area contributed by atoms with Crippen LogP contribution in [0.25, 0.3) is 32.4 Å². The topological polar surface area (TPSA) is 197 Å². The number of pyridine rings is 2. The number of piperidine rings is 1. The summed E-state index contributed by atoms with van der Waals surface area (Å²) >= 11 is 1.43. The number of piperazine rings is 1. The highest BCUT2D eigenvalue weighted by atomic mass is 32.1. The maximum atomic E-state index is 13.7. The molecule has 7 aromatic rings. The highest BCUT2D eigenvalue weighted by molar-refractivity contribution is 7.22. The van der Waals surface area contributed by atoms with Crippen LogP contribution in [0.1, 0.15) is 94.1 Å². The largest absolute Gasteiger partial charge is 0.490 e. The summed E-state index contributed by atoms with van der Waals surface area (Å²) in [7, 11) is 1.85. The standard InChI is InChI=1S/C55H58N10O7S/c1-33-37(38-18-21-46(57-50(38)54(69)70)65-26-24-34-8-5-10-39(42(34)32-65)52(67)60-55-56-43-11-3-4-13-45(43)73-55)9-6-12-44(33)72-36-16-14-35(15-17-36)71-31-7-25-63-27-29-64(30-28-63)47-22-19-40-49(61-62(2)51(40)58-47)41-20-23-48(66)59-53(41)68/h3-6,8-13,18-19,21-22,35-36,41H,7,14-17,20,23-32H2,1-2H3,(H,69,70)(H,56,60,67)(H,59,66,68). The highest BCUT2D eigenvalue weighted by Crippen LogP contribution is 2.37. The summed E-state index contributed by atoms with van der Waals surface area (Å²) in [6.07, 6.45) is 6.18. The number of thiazole rings is 1. The van der Waals surface area contributed by atoms with Crippen molar-refractivity contribution in [2.45, 2.75) is 83.0 Å². The van der Waals surface area contributed by atoms with Crippen molar-refractivity contribution in [2.24, 2.45) is 7.05 Å². The van der Waals surface area contributed by atoms with Gasteiger partial charge in [0.2, 0.25) is 11.8 Å². The number of ether oxygens (including phenoxy) is 2. The number of anilines is 3. The van der Waals surface area contributed by atoms with E-state index in [1.807, 2.05) is 104 Å². The van der Waals surface area contributed by atoms with Gasteiger partial charge in [0.15, 0.2) is 16.5 Å². The molecule has 7 heterocycles. The fraction of sp³-hybridized carbons (Fsp3) is 0.382. The van der Waals surface area contributed by atoms with Crippen LogP contribution in [0.5, 0.6) is 5.75 Å². The SMILES string of the molecule is Cc1c(OC2CCC(OCCCN3CCN(c4ccc5c(C6CCC(=O)NC6=O)nn(C)c5n4)CC3)CC2)cccc1-c1ccc(N2CCc3cccc(C(=O)Nc4nc5ccccc5s4)c3C2)nc1C(=O)O. The number of nitrogens with one attached hydrogen (secondary N) is 2. The number of aromatic nitrogens is 5. The maximum Gasteiger partial charge on any atom is 0.355 e. The van der Waals surface area contributed by atoms with Crippen molar-refractivity contribution >= 4 is 73.0 Å². The molecule has 3 N–H and O–H groups in total. The van der Waals surface area contributed by atoms with E-state index in [4.69, 9.17) is 19.4 Å². The summed E-state index contributed by atoms with van der Waals surface area (Å²) in [4.78, 5) is 71.9. The molecule has 4 aliphatic rings. The Bertz CT molecular complexity index is 3220. The highest BCUT2D eigenvalue weighted by Gasteiger charge is 2.33. The summed E-state index contributed by atoms with van der Waals surface area (Å²) < 4.78 is 15.7. The number of fused-ring (bicyclic) bond motifs is 3. The van der Waals surface area contributed by atoms with E-state index in [9.17, 15) is 24.3 Å². The van der Waals surface area contributed by atoms with E-state index < -0.39 is 11.9 Å². The van der Waals surface area contributed by atoms with Gasteiger partial charge in [0.1, 0.15) is 17.4 Å². The normalized spacial score (nSPS) is 19.5. The second-order valence-electron chi connectivity index (χ2n) is 19.5. The van der Waals surface area contributed by atoms with Crippen LogP contribution in [-0.2, 0) is 34.3 Å². The molecule has 376 valence electrons. The van der Waals surface area contributed by atoms with Crippen LogP contribution < -0.4 is 25.2 Å². The second kappa shape index (κ2) is 20.7.